The van der Waals surface area contributed by atoms with E-state index in [1.165, 1.54) is 6.07 Å². The van der Waals surface area contributed by atoms with E-state index in [4.69, 9.17) is 23.7 Å². The third kappa shape index (κ3) is 3.41. The molecule has 0 aromatic heterocycles. The number of urea groups is 1. The number of hydrogen-bond donors (Lipinski definition) is 4. The number of rotatable bonds is 3. The molecule has 0 radical (unpaired) electrons. The fourth-order valence-electron chi connectivity index (χ4n) is 1.91. The van der Waals surface area contributed by atoms with Crippen molar-refractivity contribution in [2.45, 2.75) is 20.3 Å². The van der Waals surface area contributed by atoms with Gasteiger partial charge in [0.1, 0.15) is 10.7 Å². The van der Waals surface area contributed by atoms with Crippen molar-refractivity contribution >= 4 is 29.1 Å². The first-order valence-electron chi connectivity index (χ1n) is 5.45. The van der Waals surface area contributed by atoms with Crippen LogP contribution in [-0.4, -0.2) is 22.0 Å². The van der Waals surface area contributed by atoms with Crippen molar-refractivity contribution in [1.82, 2.24) is 5.32 Å². The van der Waals surface area contributed by atoms with Crippen molar-refractivity contribution < 1.29 is 14.7 Å². The minimum atomic E-state index is -0.819. The number of nitrogens with one attached hydrogen (secondary N) is 1. The molecular formula is C12H15N3O3S. The zero-order valence-corrected chi connectivity index (χ0v) is 11.4. The Bertz CT molecular complexity index is 570. The highest BCUT2D eigenvalue weighted by atomic mass is 32.1. The summed E-state index contributed by atoms with van der Waals surface area (Å²) >= 11 is 5.00. The number of benzene rings is 1. The summed E-state index contributed by atoms with van der Waals surface area (Å²) in [6.45, 7) is 3.44. The third-order valence-electron chi connectivity index (χ3n) is 2.73. The van der Waals surface area contributed by atoms with Crippen LogP contribution in [0.2, 0.25) is 0 Å². The standard InChI is InChI=1S/C12H15N3O3S/c1-5-3-8(16)10(11(19)15-12(14)18)6(2)7(5)4-9(13)17/h3,16H,4H2,1-2H3,(H2,13,17)(H3,14,15,18,19). The number of aryl methyl sites for hydroxylation is 1. The molecule has 1 aromatic carbocycles. The minimum Gasteiger partial charge on any atom is -0.507 e. The van der Waals surface area contributed by atoms with Gasteiger partial charge in [-0.05, 0) is 36.6 Å². The first-order valence-corrected chi connectivity index (χ1v) is 5.86. The molecule has 0 aliphatic rings. The molecule has 0 saturated carbocycles. The lowest BCUT2D eigenvalue weighted by molar-refractivity contribution is -0.117. The number of nitrogens with two attached hydrogens (primary N) is 2. The number of carbonyl (C=O) groups is 2. The maximum absolute atomic E-state index is 11.1. The van der Waals surface area contributed by atoms with Crippen LogP contribution in [0.4, 0.5) is 4.79 Å². The molecule has 1 aromatic rings. The second kappa shape index (κ2) is 5.66. The van der Waals surface area contributed by atoms with Crippen molar-refractivity contribution in [2.24, 2.45) is 11.5 Å². The molecule has 0 atom stereocenters. The number of amides is 3. The van der Waals surface area contributed by atoms with Crippen LogP contribution in [0.5, 0.6) is 5.75 Å². The molecule has 0 saturated heterocycles. The summed E-state index contributed by atoms with van der Waals surface area (Å²) in [6, 6.07) is 0.649. The monoisotopic (exact) mass is 281 g/mol. The van der Waals surface area contributed by atoms with Gasteiger partial charge in [-0.25, -0.2) is 4.79 Å². The van der Waals surface area contributed by atoms with Gasteiger partial charge >= 0.3 is 6.03 Å². The largest absolute Gasteiger partial charge is 0.507 e. The van der Waals surface area contributed by atoms with Crippen LogP contribution in [-0.2, 0) is 11.2 Å². The van der Waals surface area contributed by atoms with Crippen LogP contribution in [0.25, 0.3) is 0 Å². The zero-order chi connectivity index (χ0) is 14.7. The van der Waals surface area contributed by atoms with E-state index in [1.54, 1.807) is 13.8 Å². The van der Waals surface area contributed by atoms with Crippen LogP contribution in [0.15, 0.2) is 6.07 Å². The van der Waals surface area contributed by atoms with E-state index in [-0.39, 0.29) is 22.7 Å². The van der Waals surface area contributed by atoms with Crippen LogP contribution in [0, 0.1) is 13.8 Å². The average Bonchev–Trinajstić information content (AvgIpc) is 2.22. The van der Waals surface area contributed by atoms with Crippen molar-refractivity contribution in [1.29, 1.82) is 0 Å². The van der Waals surface area contributed by atoms with E-state index in [1.807, 2.05) is 0 Å². The minimum absolute atomic E-state index is 0.00761. The zero-order valence-electron chi connectivity index (χ0n) is 10.6. The SMILES string of the molecule is Cc1cc(O)c(C(=S)NC(N)=O)c(C)c1CC(N)=O. The summed E-state index contributed by atoms with van der Waals surface area (Å²) < 4.78 is 0. The van der Waals surface area contributed by atoms with Crippen molar-refractivity contribution in [3.05, 3.63) is 28.3 Å². The van der Waals surface area contributed by atoms with Gasteiger partial charge in [-0.15, -0.1) is 0 Å². The maximum atomic E-state index is 11.1. The Kier molecular flexibility index (Phi) is 4.44. The smallest absolute Gasteiger partial charge is 0.317 e. The van der Waals surface area contributed by atoms with E-state index in [2.05, 4.69) is 5.32 Å². The molecule has 0 aliphatic carbocycles. The van der Waals surface area contributed by atoms with Gasteiger partial charge in [-0.1, -0.05) is 12.2 Å². The fraction of sp³-hybridized carbons (Fsp3) is 0.250. The number of aromatic hydroxyl groups is 1. The predicted octanol–water partition coefficient (Wildman–Crippen LogP) is 0.381. The first kappa shape index (κ1) is 14.9. The van der Waals surface area contributed by atoms with E-state index < -0.39 is 11.9 Å². The Balaban J connectivity index is 3.36. The van der Waals surface area contributed by atoms with Crippen molar-refractivity contribution in [3.8, 4) is 5.75 Å². The Labute approximate surface area is 115 Å². The normalized spacial score (nSPS) is 10.0. The Morgan fingerprint density at radius 2 is 1.95 bits per heavy atom. The molecule has 0 aliphatic heterocycles. The van der Waals surface area contributed by atoms with Gasteiger partial charge in [-0.3, -0.25) is 10.1 Å². The highest BCUT2D eigenvalue weighted by Gasteiger charge is 2.18. The topological polar surface area (TPSA) is 118 Å². The number of primary amides is 2. The Morgan fingerprint density at radius 3 is 2.42 bits per heavy atom. The molecule has 0 spiro atoms. The van der Waals surface area contributed by atoms with Crippen LogP contribution in [0.3, 0.4) is 0 Å². The third-order valence-corrected chi connectivity index (χ3v) is 3.03. The van der Waals surface area contributed by atoms with E-state index >= 15 is 0 Å². The van der Waals surface area contributed by atoms with Gasteiger partial charge in [0.2, 0.25) is 5.91 Å². The Hall–Kier alpha value is -2.15. The summed E-state index contributed by atoms with van der Waals surface area (Å²) in [7, 11) is 0. The number of carbonyl (C=O) groups excluding carboxylic acids is 2. The second-order valence-corrected chi connectivity index (χ2v) is 4.56. The fourth-order valence-corrected chi connectivity index (χ4v) is 2.27. The lowest BCUT2D eigenvalue weighted by Crippen LogP contribution is -2.35. The summed E-state index contributed by atoms with van der Waals surface area (Å²) in [6.07, 6.45) is 0.0319. The number of phenolic OH excluding ortho intramolecular Hbond substituents is 1. The van der Waals surface area contributed by atoms with Crippen LogP contribution in [0.1, 0.15) is 22.3 Å². The summed E-state index contributed by atoms with van der Waals surface area (Å²) in [5, 5.41) is 12.2. The molecule has 0 heterocycles. The Morgan fingerprint density at radius 1 is 1.37 bits per heavy atom. The van der Waals surface area contributed by atoms with Gasteiger partial charge in [0.15, 0.2) is 0 Å². The molecule has 0 bridgehead atoms. The van der Waals surface area contributed by atoms with Gasteiger partial charge in [0.25, 0.3) is 0 Å². The molecular weight excluding hydrogens is 266 g/mol. The highest BCUT2D eigenvalue weighted by molar-refractivity contribution is 7.80. The van der Waals surface area contributed by atoms with Gasteiger partial charge < -0.3 is 16.6 Å². The maximum Gasteiger partial charge on any atom is 0.317 e. The molecule has 0 unspecified atom stereocenters. The lowest BCUT2D eigenvalue weighted by atomic mass is 9.94. The van der Waals surface area contributed by atoms with Crippen LogP contribution < -0.4 is 16.8 Å². The summed E-state index contributed by atoms with van der Waals surface area (Å²) in [5.41, 5.74) is 12.4. The van der Waals surface area contributed by atoms with Crippen LogP contribution >= 0.6 is 12.2 Å². The van der Waals surface area contributed by atoms with E-state index in [0.717, 1.165) is 5.56 Å². The molecule has 102 valence electrons. The average molecular weight is 281 g/mol. The quantitative estimate of drug-likeness (QED) is 0.599. The first-order chi connectivity index (χ1) is 8.73. The van der Waals surface area contributed by atoms with Gasteiger partial charge in [-0.2, -0.15) is 0 Å². The van der Waals surface area contributed by atoms with Gasteiger partial charge in [0, 0.05) is 0 Å². The van der Waals surface area contributed by atoms with Crippen molar-refractivity contribution in [3.63, 3.8) is 0 Å². The van der Waals surface area contributed by atoms with Gasteiger partial charge in [0.05, 0.1) is 12.0 Å². The molecule has 6 nitrogen and oxygen atoms in total. The predicted molar refractivity (Wildman–Crippen MR) is 74.9 cm³/mol. The summed E-state index contributed by atoms with van der Waals surface area (Å²) in [5.74, 6) is -0.571. The summed E-state index contributed by atoms with van der Waals surface area (Å²) in [4.78, 5) is 21.9. The number of thiocarbonyl (C=S) groups is 1. The number of phenols is 1. The molecule has 0 fully saturated rings. The molecule has 3 amide bonds. The molecule has 6 N–H and O–H groups in total. The molecule has 1 rings (SSSR count). The molecule has 19 heavy (non-hydrogen) atoms. The van der Waals surface area contributed by atoms with E-state index in [9.17, 15) is 14.7 Å². The highest BCUT2D eigenvalue weighted by Crippen LogP contribution is 2.28. The number of hydrogen-bond acceptors (Lipinski definition) is 4. The second-order valence-electron chi connectivity index (χ2n) is 4.15. The lowest BCUT2D eigenvalue weighted by Gasteiger charge is -2.16. The van der Waals surface area contributed by atoms with Crippen molar-refractivity contribution in [2.75, 3.05) is 0 Å². The van der Waals surface area contributed by atoms with E-state index in [0.29, 0.717) is 11.1 Å². The molecule has 7 heteroatoms.